The third kappa shape index (κ3) is 5.90. The van der Waals surface area contributed by atoms with Crippen molar-refractivity contribution >= 4 is 68.2 Å². The highest BCUT2D eigenvalue weighted by molar-refractivity contribution is 9.10. The van der Waals surface area contributed by atoms with Crippen LogP contribution >= 0.6 is 39.1 Å². The molecule has 1 aromatic heterocycles. The van der Waals surface area contributed by atoms with Gasteiger partial charge in [0.2, 0.25) is 0 Å². The molecule has 8 nitrogen and oxygen atoms in total. The molecule has 11 heteroatoms. The molecule has 0 radical (unpaired) electrons. The molecule has 1 spiro atoms. The van der Waals surface area contributed by atoms with E-state index < -0.39 is 28.2 Å². The molecule has 1 saturated heterocycles. The lowest BCUT2D eigenvalue weighted by atomic mass is 9.61. The number of rotatable bonds is 7. The molecule has 2 heterocycles. The first-order valence-corrected chi connectivity index (χ1v) is 13.5. The van der Waals surface area contributed by atoms with Gasteiger partial charge >= 0.3 is 5.97 Å². The predicted molar refractivity (Wildman–Crippen MR) is 145 cm³/mol. The Bertz CT molecular complexity index is 1210. The summed E-state index contributed by atoms with van der Waals surface area (Å²) in [7, 11) is 0. The van der Waals surface area contributed by atoms with Gasteiger partial charge in [-0.25, -0.2) is 4.79 Å². The Morgan fingerprint density at radius 2 is 1.81 bits per heavy atom. The molecule has 1 amide bonds. The van der Waals surface area contributed by atoms with Gasteiger partial charge in [0.05, 0.1) is 27.1 Å². The summed E-state index contributed by atoms with van der Waals surface area (Å²) >= 11 is 15.6. The van der Waals surface area contributed by atoms with Crippen molar-refractivity contribution in [2.45, 2.75) is 50.1 Å². The van der Waals surface area contributed by atoms with Gasteiger partial charge in [0, 0.05) is 43.4 Å². The highest BCUT2D eigenvalue weighted by Gasteiger charge is 2.59. The summed E-state index contributed by atoms with van der Waals surface area (Å²) in [5.74, 6) is -0.835. The molecule has 1 saturated carbocycles. The van der Waals surface area contributed by atoms with Crippen molar-refractivity contribution in [2.24, 2.45) is 10.4 Å². The van der Waals surface area contributed by atoms with E-state index in [1.807, 2.05) is 0 Å². The normalized spacial score (nSPS) is 20.5. The molecular formula is C26H26BrCl2N3O5. The van der Waals surface area contributed by atoms with Gasteiger partial charge in [0.25, 0.3) is 5.91 Å². The number of aliphatic imine (C=N–C) groups is 1. The van der Waals surface area contributed by atoms with Crippen LogP contribution in [0.2, 0.25) is 10.0 Å². The zero-order valence-electron chi connectivity index (χ0n) is 20.3. The van der Waals surface area contributed by atoms with Crippen molar-refractivity contribution in [1.29, 1.82) is 0 Å². The number of halogens is 3. The number of hydrogen-bond acceptors (Lipinski definition) is 7. The number of amides is 1. The van der Waals surface area contributed by atoms with E-state index in [2.05, 4.69) is 26.2 Å². The van der Waals surface area contributed by atoms with Gasteiger partial charge in [-0.15, -0.1) is 0 Å². The number of alkyl halides is 1. The van der Waals surface area contributed by atoms with Crippen molar-refractivity contribution < 1.29 is 23.9 Å². The molecule has 4 rings (SSSR count). The Morgan fingerprint density at radius 1 is 1.19 bits per heavy atom. The van der Waals surface area contributed by atoms with Crippen LogP contribution in [0.25, 0.3) is 0 Å². The monoisotopic (exact) mass is 609 g/mol. The topological polar surface area (TPSA) is 107 Å². The molecule has 0 bridgehead atoms. The van der Waals surface area contributed by atoms with E-state index >= 15 is 0 Å². The molecular weight excluding hydrogens is 585 g/mol. The number of nitrogens with zero attached hydrogens (tertiary/aromatic N) is 2. The number of esters is 1. The lowest BCUT2D eigenvalue weighted by molar-refractivity contribution is -0.149. The molecule has 1 aromatic carbocycles. The van der Waals surface area contributed by atoms with Crippen molar-refractivity contribution in [3.05, 3.63) is 57.8 Å². The third-order valence-corrected chi connectivity index (χ3v) is 7.84. The van der Waals surface area contributed by atoms with Crippen LogP contribution in [0, 0.1) is 5.41 Å². The average molecular weight is 611 g/mol. The predicted octanol–water partition coefficient (Wildman–Crippen LogP) is 5.09. The SMILES string of the molecule is CC(C)OC(=O)[C@H](Cc1ccc(NC(=O)c2c(Cl)cncc2Cl)cc1)N=C1C(Br)C(=O)C12CCOCC2. The first-order valence-electron chi connectivity index (χ1n) is 11.9. The minimum absolute atomic E-state index is 0.0834. The quantitative estimate of drug-likeness (QED) is 0.346. The van der Waals surface area contributed by atoms with Gasteiger partial charge in [-0.05, 0) is 44.4 Å². The zero-order chi connectivity index (χ0) is 26.7. The van der Waals surface area contributed by atoms with Crippen LogP contribution in [0.4, 0.5) is 5.69 Å². The number of hydrogen-bond donors (Lipinski definition) is 1. The lowest BCUT2D eigenvalue weighted by Gasteiger charge is -2.47. The minimum atomic E-state index is -0.819. The van der Waals surface area contributed by atoms with Crippen LogP contribution in [-0.2, 0) is 25.5 Å². The number of anilines is 1. The third-order valence-electron chi connectivity index (χ3n) is 6.42. The number of pyridine rings is 1. The molecule has 1 aliphatic carbocycles. The Morgan fingerprint density at radius 3 is 2.41 bits per heavy atom. The van der Waals surface area contributed by atoms with Crippen LogP contribution in [0.5, 0.6) is 0 Å². The first-order chi connectivity index (χ1) is 17.6. The van der Waals surface area contributed by atoms with Crippen molar-refractivity contribution in [1.82, 2.24) is 4.98 Å². The fourth-order valence-corrected chi connectivity index (χ4v) is 6.03. The van der Waals surface area contributed by atoms with Gasteiger partial charge in [-0.3, -0.25) is 19.6 Å². The van der Waals surface area contributed by atoms with Crippen molar-refractivity contribution in [2.75, 3.05) is 18.5 Å². The Hall–Kier alpha value is -2.33. The maximum absolute atomic E-state index is 13.0. The highest BCUT2D eigenvalue weighted by atomic mass is 79.9. The standard InChI is InChI=1S/C26H26BrCl2N3O5/c1-14(2)37-25(35)19(32-22-21(27)23(33)26(22)7-9-36-10-8-26)11-15-3-5-16(6-4-15)31-24(34)20-17(28)12-30-13-18(20)29/h3-6,12-14,19,21H,7-11H2,1-2H3,(H,31,34)/t19-,21?/m0/s1. The van der Waals surface area contributed by atoms with Crippen LogP contribution in [0.1, 0.15) is 42.6 Å². The Kier molecular flexibility index (Phi) is 8.68. The average Bonchev–Trinajstić information content (AvgIpc) is 2.87. The van der Waals surface area contributed by atoms with Gasteiger partial charge < -0.3 is 14.8 Å². The zero-order valence-corrected chi connectivity index (χ0v) is 23.4. The molecule has 2 aliphatic rings. The number of aromatic nitrogens is 1. The summed E-state index contributed by atoms with van der Waals surface area (Å²) < 4.78 is 10.9. The highest BCUT2D eigenvalue weighted by Crippen LogP contribution is 2.46. The maximum atomic E-state index is 13.0. The van der Waals surface area contributed by atoms with E-state index in [1.165, 1.54) is 12.4 Å². The fraction of sp³-hybridized carbons (Fsp3) is 0.423. The number of benzene rings is 1. The number of nitrogens with one attached hydrogen (secondary N) is 1. The summed E-state index contributed by atoms with van der Waals surface area (Å²) in [6, 6.07) is 6.20. The lowest BCUT2D eigenvalue weighted by Crippen LogP contribution is -2.62. The van der Waals surface area contributed by atoms with Crippen LogP contribution in [0.3, 0.4) is 0 Å². The Balaban J connectivity index is 1.53. The fourth-order valence-electron chi connectivity index (χ4n) is 4.50. The number of ketones is 1. The summed E-state index contributed by atoms with van der Waals surface area (Å²) in [5, 5.41) is 3.05. The van der Waals surface area contributed by atoms with Crippen molar-refractivity contribution in [3.8, 4) is 0 Å². The summed E-state index contributed by atoms with van der Waals surface area (Å²) in [6.07, 6.45) is 3.77. The molecule has 37 heavy (non-hydrogen) atoms. The van der Waals surface area contributed by atoms with Crippen LogP contribution in [0.15, 0.2) is 41.7 Å². The minimum Gasteiger partial charge on any atom is -0.461 e. The van der Waals surface area contributed by atoms with E-state index in [-0.39, 0.29) is 33.9 Å². The maximum Gasteiger partial charge on any atom is 0.331 e. The number of Topliss-reactive ketones (excluding diaryl/α,β-unsaturated/α-hetero) is 1. The number of carbonyl (C=O) groups excluding carboxylic acids is 3. The van der Waals surface area contributed by atoms with Crippen LogP contribution < -0.4 is 5.32 Å². The van der Waals surface area contributed by atoms with E-state index in [0.717, 1.165) is 5.56 Å². The summed E-state index contributed by atoms with van der Waals surface area (Å²) in [5.41, 5.74) is 1.48. The smallest absolute Gasteiger partial charge is 0.331 e. The van der Waals surface area contributed by atoms with Gasteiger partial charge in [-0.1, -0.05) is 51.3 Å². The van der Waals surface area contributed by atoms with E-state index in [0.29, 0.717) is 37.5 Å². The van der Waals surface area contributed by atoms with Crippen LogP contribution in [-0.4, -0.2) is 58.5 Å². The van der Waals surface area contributed by atoms with Gasteiger partial charge in [0.15, 0.2) is 11.8 Å². The number of ether oxygens (including phenoxy) is 2. The summed E-state index contributed by atoms with van der Waals surface area (Å²) in [4.78, 5) is 46.5. The molecule has 2 atom stereocenters. The van der Waals surface area contributed by atoms with Gasteiger partial charge in [0.1, 0.15) is 4.83 Å². The molecule has 2 aromatic rings. The molecule has 2 fully saturated rings. The Labute approximate surface area is 233 Å². The summed E-state index contributed by atoms with van der Waals surface area (Å²) in [6.45, 7) is 4.52. The van der Waals surface area contributed by atoms with E-state index in [4.69, 9.17) is 37.7 Å². The van der Waals surface area contributed by atoms with E-state index in [9.17, 15) is 14.4 Å². The first kappa shape index (κ1) is 27.7. The second kappa shape index (κ2) is 11.6. The van der Waals surface area contributed by atoms with Gasteiger partial charge in [-0.2, -0.15) is 0 Å². The molecule has 1 unspecified atom stereocenters. The van der Waals surface area contributed by atoms with Crippen molar-refractivity contribution in [3.63, 3.8) is 0 Å². The number of carbonyl (C=O) groups is 3. The van der Waals surface area contributed by atoms with E-state index in [1.54, 1.807) is 38.1 Å². The molecule has 1 aliphatic heterocycles. The molecule has 196 valence electrons. The largest absolute Gasteiger partial charge is 0.461 e. The second-order valence-corrected chi connectivity index (χ2v) is 11.0. The second-order valence-electron chi connectivity index (χ2n) is 9.27. The molecule has 1 N–H and O–H groups in total.